The van der Waals surface area contributed by atoms with Gasteiger partial charge in [-0.1, -0.05) is 12.1 Å². The third-order valence-corrected chi connectivity index (χ3v) is 2.54. The van der Waals surface area contributed by atoms with Crippen LogP contribution in [-0.4, -0.2) is 18.6 Å². The van der Waals surface area contributed by atoms with Gasteiger partial charge in [0, 0.05) is 18.1 Å². The molecule has 0 aliphatic carbocycles. The fourth-order valence-electron chi connectivity index (χ4n) is 1.88. The molecule has 0 spiro atoms. The zero-order chi connectivity index (χ0) is 10.8. The lowest BCUT2D eigenvalue weighted by molar-refractivity contribution is 0.344. The summed E-state index contributed by atoms with van der Waals surface area (Å²) in [6.45, 7) is 4.75. The number of ether oxygens (including phenoxy) is 1. The number of rotatable bonds is 3. The maximum absolute atomic E-state index is 5.61. The third-order valence-electron chi connectivity index (χ3n) is 2.54. The Bertz CT molecular complexity index is 474. The lowest BCUT2D eigenvalue weighted by atomic mass is 10.1. The molecule has 2 N–H and O–H groups in total. The summed E-state index contributed by atoms with van der Waals surface area (Å²) in [5.74, 6) is 1.95. The quantitative estimate of drug-likeness (QED) is 0.806. The molecule has 0 saturated carbocycles. The Morgan fingerprint density at radius 2 is 2.20 bits per heavy atom. The average Bonchev–Trinajstić information content (AvgIpc) is 2.58. The summed E-state index contributed by atoms with van der Waals surface area (Å²) in [4.78, 5) is 3.31. The minimum atomic E-state index is 0.687. The summed E-state index contributed by atoms with van der Waals surface area (Å²) in [6.07, 6.45) is 0. The number of hydrogen-bond donors (Lipinski definition) is 2. The second-order valence-electron chi connectivity index (χ2n) is 3.49. The SMILES string of the molecule is CCOc1cccc2c(C)[nH]c(NC)c12. The summed E-state index contributed by atoms with van der Waals surface area (Å²) in [5, 5.41) is 5.51. The van der Waals surface area contributed by atoms with Crippen LogP contribution in [0.15, 0.2) is 18.2 Å². The highest BCUT2D eigenvalue weighted by atomic mass is 16.5. The molecule has 2 rings (SSSR count). The third kappa shape index (κ3) is 1.54. The van der Waals surface area contributed by atoms with Crippen molar-refractivity contribution in [2.75, 3.05) is 19.0 Å². The first-order valence-corrected chi connectivity index (χ1v) is 5.19. The molecule has 0 amide bonds. The maximum atomic E-state index is 5.61. The minimum absolute atomic E-state index is 0.687. The number of aromatic nitrogens is 1. The summed E-state index contributed by atoms with van der Waals surface area (Å²) >= 11 is 0. The number of hydrogen-bond acceptors (Lipinski definition) is 2. The molecule has 0 saturated heterocycles. The number of H-pyrrole nitrogens is 1. The molecule has 1 aromatic carbocycles. The number of aryl methyl sites for hydroxylation is 1. The zero-order valence-electron chi connectivity index (χ0n) is 9.35. The highest BCUT2D eigenvalue weighted by Crippen LogP contribution is 2.34. The van der Waals surface area contributed by atoms with Crippen molar-refractivity contribution in [1.82, 2.24) is 4.98 Å². The van der Waals surface area contributed by atoms with Crippen LogP contribution in [0.4, 0.5) is 5.82 Å². The Balaban J connectivity index is 2.70. The van der Waals surface area contributed by atoms with E-state index >= 15 is 0 Å². The molecular weight excluding hydrogens is 188 g/mol. The summed E-state index contributed by atoms with van der Waals surface area (Å²) in [7, 11) is 1.91. The van der Waals surface area contributed by atoms with Crippen molar-refractivity contribution in [2.24, 2.45) is 0 Å². The molecular formula is C12H16N2O. The summed E-state index contributed by atoms with van der Waals surface area (Å²) < 4.78 is 5.61. The molecule has 3 nitrogen and oxygen atoms in total. The van der Waals surface area contributed by atoms with Gasteiger partial charge in [0.05, 0.1) is 12.0 Å². The first kappa shape index (κ1) is 9.90. The molecule has 1 heterocycles. The van der Waals surface area contributed by atoms with E-state index in [1.54, 1.807) is 0 Å². The standard InChI is InChI=1S/C12H16N2O/c1-4-15-10-7-5-6-9-8(2)14-12(13-3)11(9)10/h5-7,13-14H,4H2,1-3H3. The lowest BCUT2D eigenvalue weighted by Crippen LogP contribution is -1.94. The molecule has 0 aliphatic rings. The van der Waals surface area contributed by atoms with E-state index in [0.29, 0.717) is 6.61 Å². The molecule has 0 atom stereocenters. The number of anilines is 1. The molecule has 2 aromatic rings. The number of benzene rings is 1. The normalized spacial score (nSPS) is 10.6. The monoisotopic (exact) mass is 204 g/mol. The van der Waals surface area contributed by atoms with Gasteiger partial charge in [0.2, 0.25) is 0 Å². The van der Waals surface area contributed by atoms with E-state index in [-0.39, 0.29) is 0 Å². The van der Waals surface area contributed by atoms with Crippen LogP contribution >= 0.6 is 0 Å². The van der Waals surface area contributed by atoms with E-state index < -0.39 is 0 Å². The molecule has 0 aliphatic heterocycles. The fourth-order valence-corrected chi connectivity index (χ4v) is 1.88. The van der Waals surface area contributed by atoms with Crippen LogP contribution < -0.4 is 10.1 Å². The molecule has 0 radical (unpaired) electrons. The zero-order valence-corrected chi connectivity index (χ0v) is 9.35. The van der Waals surface area contributed by atoms with Crippen LogP contribution in [-0.2, 0) is 0 Å². The minimum Gasteiger partial charge on any atom is -0.493 e. The van der Waals surface area contributed by atoms with E-state index in [1.165, 1.54) is 5.39 Å². The van der Waals surface area contributed by atoms with E-state index in [0.717, 1.165) is 22.6 Å². The summed E-state index contributed by atoms with van der Waals surface area (Å²) in [6, 6.07) is 6.12. The molecule has 0 unspecified atom stereocenters. The van der Waals surface area contributed by atoms with Gasteiger partial charge >= 0.3 is 0 Å². The van der Waals surface area contributed by atoms with Gasteiger partial charge in [0.25, 0.3) is 0 Å². The number of aromatic amines is 1. The average molecular weight is 204 g/mol. The molecule has 0 fully saturated rings. The Kier molecular flexibility index (Phi) is 2.54. The number of fused-ring (bicyclic) bond motifs is 1. The first-order valence-electron chi connectivity index (χ1n) is 5.19. The Morgan fingerprint density at radius 3 is 2.87 bits per heavy atom. The van der Waals surface area contributed by atoms with Gasteiger partial charge in [-0.05, 0) is 19.9 Å². The van der Waals surface area contributed by atoms with Gasteiger partial charge in [-0.25, -0.2) is 0 Å². The van der Waals surface area contributed by atoms with Crippen molar-refractivity contribution in [3.8, 4) is 5.75 Å². The lowest BCUT2D eigenvalue weighted by Gasteiger charge is -2.06. The van der Waals surface area contributed by atoms with Crippen molar-refractivity contribution in [1.29, 1.82) is 0 Å². The largest absolute Gasteiger partial charge is 0.493 e. The molecule has 15 heavy (non-hydrogen) atoms. The smallest absolute Gasteiger partial charge is 0.130 e. The number of nitrogens with one attached hydrogen (secondary N) is 2. The van der Waals surface area contributed by atoms with Crippen LogP contribution in [0.25, 0.3) is 10.8 Å². The van der Waals surface area contributed by atoms with Gasteiger partial charge in [-0.3, -0.25) is 0 Å². The predicted molar refractivity (Wildman–Crippen MR) is 63.8 cm³/mol. The Labute approximate surface area is 89.4 Å². The molecule has 80 valence electrons. The first-order chi connectivity index (χ1) is 7.27. The topological polar surface area (TPSA) is 37.0 Å². The summed E-state index contributed by atoms with van der Waals surface area (Å²) in [5.41, 5.74) is 1.16. The van der Waals surface area contributed by atoms with E-state index in [9.17, 15) is 0 Å². The highest BCUT2D eigenvalue weighted by Gasteiger charge is 2.10. The van der Waals surface area contributed by atoms with Gasteiger partial charge in [0.15, 0.2) is 0 Å². The maximum Gasteiger partial charge on any atom is 0.130 e. The molecule has 1 aromatic heterocycles. The van der Waals surface area contributed by atoms with Crippen LogP contribution in [0.1, 0.15) is 12.6 Å². The Hall–Kier alpha value is -1.64. The fraction of sp³-hybridized carbons (Fsp3) is 0.333. The molecule has 3 heteroatoms. The van der Waals surface area contributed by atoms with Crippen LogP contribution in [0.3, 0.4) is 0 Å². The Morgan fingerprint density at radius 1 is 1.40 bits per heavy atom. The van der Waals surface area contributed by atoms with E-state index in [2.05, 4.69) is 23.3 Å². The predicted octanol–water partition coefficient (Wildman–Crippen LogP) is 2.92. The van der Waals surface area contributed by atoms with Crippen LogP contribution in [0, 0.1) is 6.92 Å². The van der Waals surface area contributed by atoms with E-state index in [1.807, 2.05) is 26.1 Å². The van der Waals surface area contributed by atoms with E-state index in [4.69, 9.17) is 4.74 Å². The second kappa shape index (κ2) is 3.85. The van der Waals surface area contributed by atoms with Crippen molar-refractivity contribution in [3.05, 3.63) is 23.9 Å². The molecule has 0 bridgehead atoms. The van der Waals surface area contributed by atoms with Crippen LogP contribution in [0.2, 0.25) is 0 Å². The van der Waals surface area contributed by atoms with Gasteiger partial charge in [0.1, 0.15) is 11.6 Å². The highest BCUT2D eigenvalue weighted by molar-refractivity contribution is 5.99. The second-order valence-corrected chi connectivity index (χ2v) is 3.49. The van der Waals surface area contributed by atoms with Gasteiger partial charge < -0.3 is 15.0 Å². The van der Waals surface area contributed by atoms with Crippen molar-refractivity contribution in [3.63, 3.8) is 0 Å². The van der Waals surface area contributed by atoms with Crippen molar-refractivity contribution < 1.29 is 4.74 Å². The van der Waals surface area contributed by atoms with Gasteiger partial charge in [-0.15, -0.1) is 0 Å². The van der Waals surface area contributed by atoms with Crippen molar-refractivity contribution >= 4 is 16.6 Å². The van der Waals surface area contributed by atoms with Crippen molar-refractivity contribution in [2.45, 2.75) is 13.8 Å². The van der Waals surface area contributed by atoms with Crippen LogP contribution in [0.5, 0.6) is 5.75 Å². The van der Waals surface area contributed by atoms with Gasteiger partial charge in [-0.2, -0.15) is 0 Å².